The fraction of sp³-hybridized carbons (Fsp3) is 0. The van der Waals surface area contributed by atoms with Gasteiger partial charge in [0.25, 0.3) is 0 Å². The molecule has 0 saturated carbocycles. The van der Waals surface area contributed by atoms with E-state index in [1.54, 1.807) is 0 Å². The molecule has 0 unspecified atom stereocenters. The Morgan fingerprint density at radius 3 is 1.03 bits per heavy atom. The second-order valence-electron chi connectivity index (χ2n) is 21.9. The number of nitrogens with zero attached hydrogens (tertiary/aromatic N) is 5. The molecule has 0 atom stereocenters. The first kappa shape index (κ1) is 50.2. The fourth-order valence-corrected chi connectivity index (χ4v) is 12.6. The average Bonchev–Trinajstić information content (AvgIpc) is 1.94. The van der Waals surface area contributed by atoms with Crippen molar-refractivity contribution in [3.8, 4) is 112 Å². The van der Waals surface area contributed by atoms with Crippen LogP contribution in [0.5, 0.6) is 0 Å². The number of aromatic nitrogens is 5. The average molecular weight is 1100 g/mol. The molecule has 3 heterocycles. The van der Waals surface area contributed by atoms with Crippen molar-refractivity contribution < 1.29 is 0 Å². The summed E-state index contributed by atoms with van der Waals surface area (Å²) in [6, 6.07) is 115. The van der Waals surface area contributed by atoms with Crippen LogP contribution in [-0.4, -0.2) is 24.1 Å². The lowest BCUT2D eigenvalue weighted by atomic mass is 9.92. The lowest BCUT2D eigenvalue weighted by Crippen LogP contribution is -2.04. The van der Waals surface area contributed by atoms with E-state index in [1.807, 2.05) is 0 Å². The van der Waals surface area contributed by atoms with Gasteiger partial charge in [-0.1, -0.05) is 255 Å². The first-order chi connectivity index (χ1) is 42.6. The molecule has 0 bridgehead atoms. The molecule has 0 aliphatic carbocycles. The van der Waals surface area contributed by atoms with E-state index in [1.165, 1.54) is 21.8 Å². The molecule has 0 aliphatic heterocycles. The molecule has 3 aromatic heterocycles. The first-order valence-electron chi connectivity index (χ1n) is 29.2. The summed E-state index contributed by atoms with van der Waals surface area (Å²) in [6.45, 7) is 0. The van der Waals surface area contributed by atoms with Gasteiger partial charge in [0.2, 0.25) is 0 Å². The fourth-order valence-electron chi connectivity index (χ4n) is 12.6. The van der Waals surface area contributed by atoms with E-state index >= 15 is 0 Å². The van der Waals surface area contributed by atoms with Gasteiger partial charge in [-0.2, -0.15) is 0 Å². The maximum Gasteiger partial charge on any atom is 0.164 e. The normalized spacial score (nSPS) is 11.5. The molecule has 0 amide bonds. The SMILES string of the molecule is c1ccc(-c2ccc(-c3nc(-c4cc(-c5ccccc5)cc(-c5ccccc5)c4)nc(-c4cc(-c5ccccc5)c(-n5c6ccc(-n7c8ccccc8c8ccccc87)cc6c6ccc(-c7ccccc7)cc65)c(-c5ccccc5)c4)n3)cc2)cc1. The summed E-state index contributed by atoms with van der Waals surface area (Å²) in [5, 5.41) is 4.77. The molecule has 0 radical (unpaired) electrons. The molecule has 0 N–H and O–H groups in total. The van der Waals surface area contributed by atoms with Crippen molar-refractivity contribution in [2.45, 2.75) is 0 Å². The third-order valence-electron chi connectivity index (χ3n) is 16.7. The number of rotatable bonds is 11. The quantitative estimate of drug-likeness (QED) is 0.130. The predicted molar refractivity (Wildman–Crippen MR) is 357 cm³/mol. The zero-order valence-corrected chi connectivity index (χ0v) is 46.8. The Kier molecular flexibility index (Phi) is 12.5. The van der Waals surface area contributed by atoms with Crippen LogP contribution < -0.4 is 0 Å². The van der Waals surface area contributed by atoms with Crippen LogP contribution in [0.4, 0.5) is 0 Å². The van der Waals surface area contributed by atoms with Gasteiger partial charge < -0.3 is 9.13 Å². The summed E-state index contributed by atoms with van der Waals surface area (Å²) in [7, 11) is 0. The van der Waals surface area contributed by atoms with E-state index in [9.17, 15) is 0 Å². The lowest BCUT2D eigenvalue weighted by Gasteiger charge is -2.21. The van der Waals surface area contributed by atoms with Crippen LogP contribution >= 0.6 is 0 Å². The highest BCUT2D eigenvalue weighted by Crippen LogP contribution is 2.46. The van der Waals surface area contributed by atoms with Crippen molar-refractivity contribution in [3.05, 3.63) is 322 Å². The zero-order chi connectivity index (χ0) is 56.9. The maximum absolute atomic E-state index is 5.59. The number of para-hydroxylation sites is 2. The molecule has 16 rings (SSSR count). The van der Waals surface area contributed by atoms with Gasteiger partial charge in [0.1, 0.15) is 0 Å². The van der Waals surface area contributed by atoms with Gasteiger partial charge in [0.15, 0.2) is 17.5 Å². The molecule has 86 heavy (non-hydrogen) atoms. The van der Waals surface area contributed by atoms with E-state index in [0.29, 0.717) is 17.5 Å². The van der Waals surface area contributed by atoms with Crippen molar-refractivity contribution >= 4 is 43.6 Å². The molecule has 5 nitrogen and oxygen atoms in total. The van der Waals surface area contributed by atoms with Crippen LogP contribution in [-0.2, 0) is 0 Å². The van der Waals surface area contributed by atoms with E-state index < -0.39 is 0 Å². The molecule has 402 valence electrons. The molecule has 16 aromatic rings. The van der Waals surface area contributed by atoms with Crippen molar-refractivity contribution in [2.24, 2.45) is 0 Å². The molecule has 13 aromatic carbocycles. The van der Waals surface area contributed by atoms with Crippen molar-refractivity contribution in [3.63, 3.8) is 0 Å². The minimum atomic E-state index is 0.564. The third kappa shape index (κ3) is 9.03. The van der Waals surface area contributed by atoms with Crippen molar-refractivity contribution in [2.75, 3.05) is 0 Å². The van der Waals surface area contributed by atoms with E-state index in [2.05, 4.69) is 331 Å². The van der Waals surface area contributed by atoms with Gasteiger partial charge in [0.05, 0.1) is 27.8 Å². The third-order valence-corrected chi connectivity index (χ3v) is 16.7. The van der Waals surface area contributed by atoms with Crippen LogP contribution in [0.15, 0.2) is 322 Å². The van der Waals surface area contributed by atoms with E-state index in [0.717, 1.165) is 117 Å². The largest absolute Gasteiger partial charge is 0.309 e. The maximum atomic E-state index is 5.59. The number of benzene rings is 13. The molecule has 0 saturated heterocycles. The number of fused-ring (bicyclic) bond motifs is 6. The zero-order valence-electron chi connectivity index (χ0n) is 46.8. The Bertz CT molecular complexity index is 5000. The van der Waals surface area contributed by atoms with E-state index in [4.69, 9.17) is 15.0 Å². The summed E-state index contributed by atoms with van der Waals surface area (Å²) < 4.78 is 4.93. The molecule has 0 fully saturated rings. The minimum absolute atomic E-state index is 0.564. The molecule has 0 aliphatic rings. The van der Waals surface area contributed by atoms with Crippen LogP contribution in [0.25, 0.3) is 156 Å². The van der Waals surface area contributed by atoms with Gasteiger partial charge in [-0.25, -0.2) is 15.0 Å². The van der Waals surface area contributed by atoms with Crippen molar-refractivity contribution in [1.29, 1.82) is 0 Å². The molecular formula is C81H53N5. The predicted octanol–water partition coefficient (Wildman–Crippen LogP) is 21.1. The minimum Gasteiger partial charge on any atom is -0.309 e. The highest BCUT2D eigenvalue weighted by molar-refractivity contribution is 6.14. The smallest absolute Gasteiger partial charge is 0.164 e. The lowest BCUT2D eigenvalue weighted by molar-refractivity contribution is 1.07. The topological polar surface area (TPSA) is 48.5 Å². The Morgan fingerprint density at radius 1 is 0.186 bits per heavy atom. The second-order valence-corrected chi connectivity index (χ2v) is 21.9. The van der Waals surface area contributed by atoms with Crippen LogP contribution in [0.2, 0.25) is 0 Å². The number of hydrogen-bond donors (Lipinski definition) is 0. The van der Waals surface area contributed by atoms with Gasteiger partial charge in [-0.15, -0.1) is 0 Å². The van der Waals surface area contributed by atoms with Gasteiger partial charge in [0, 0.05) is 55.0 Å². The second kappa shape index (κ2) is 21.3. The van der Waals surface area contributed by atoms with Gasteiger partial charge in [-0.3, -0.25) is 0 Å². The van der Waals surface area contributed by atoms with Gasteiger partial charge in [-0.05, 0) is 122 Å². The monoisotopic (exact) mass is 1100 g/mol. The summed E-state index contributed by atoms with van der Waals surface area (Å²) >= 11 is 0. The summed E-state index contributed by atoms with van der Waals surface area (Å²) in [6.07, 6.45) is 0. The van der Waals surface area contributed by atoms with Gasteiger partial charge >= 0.3 is 0 Å². The number of hydrogen-bond acceptors (Lipinski definition) is 3. The Balaban J connectivity index is 0.973. The van der Waals surface area contributed by atoms with Crippen LogP contribution in [0.3, 0.4) is 0 Å². The Hall–Kier alpha value is -11.5. The Labute approximate surface area is 498 Å². The first-order valence-corrected chi connectivity index (χ1v) is 29.2. The highest BCUT2D eigenvalue weighted by Gasteiger charge is 2.25. The van der Waals surface area contributed by atoms with Crippen LogP contribution in [0, 0.1) is 0 Å². The standard InChI is InChI=1S/C81H53N5/c1-7-23-54(24-8-1)58-39-41-61(42-40-58)79-82-80(65-48-63(56-27-11-3-12-28-56)47-64(49-65)57-29-13-4-14-30-57)84-81(83-79)66-50-71(59-31-15-5-16-32-59)78(72(51-66)60-33-17-6-18-34-60)86-76-46-44-67(85-74-37-21-19-35-68(74)69-36-20-22-38-75(69)85)53-73(76)70-45-43-62(52-77(70)86)55-25-9-2-10-26-55/h1-53H. The summed E-state index contributed by atoms with van der Waals surface area (Å²) in [5.41, 5.74) is 22.4. The molecule has 5 heteroatoms. The highest BCUT2D eigenvalue weighted by atomic mass is 15.0. The molecule has 0 spiro atoms. The summed E-state index contributed by atoms with van der Waals surface area (Å²) in [4.78, 5) is 16.5. The summed E-state index contributed by atoms with van der Waals surface area (Å²) in [5.74, 6) is 1.72. The van der Waals surface area contributed by atoms with Crippen LogP contribution in [0.1, 0.15) is 0 Å². The Morgan fingerprint density at radius 2 is 0.535 bits per heavy atom. The van der Waals surface area contributed by atoms with Crippen molar-refractivity contribution in [1.82, 2.24) is 24.1 Å². The molecular weight excluding hydrogens is 1040 g/mol. The van der Waals surface area contributed by atoms with E-state index in [-0.39, 0.29) is 0 Å².